The first-order valence-electron chi connectivity index (χ1n) is 13.1. The zero-order valence-electron chi connectivity index (χ0n) is 22.9. The summed E-state index contributed by atoms with van der Waals surface area (Å²) in [6, 6.07) is 5.86. The number of alkyl halides is 3. The van der Waals surface area contributed by atoms with Gasteiger partial charge in [0.15, 0.2) is 0 Å². The Morgan fingerprint density at radius 1 is 1.02 bits per heavy atom. The largest absolute Gasteiger partial charge is 0.416 e. The van der Waals surface area contributed by atoms with Gasteiger partial charge in [0.25, 0.3) is 5.91 Å². The van der Waals surface area contributed by atoms with Crippen LogP contribution < -0.4 is 16.0 Å². The summed E-state index contributed by atoms with van der Waals surface area (Å²) >= 11 is 0. The van der Waals surface area contributed by atoms with Gasteiger partial charge >= 0.3 is 6.18 Å². The van der Waals surface area contributed by atoms with Gasteiger partial charge < -0.3 is 20.9 Å². The fraction of sp³-hybridized carbons (Fsp3) is 0.321. The lowest BCUT2D eigenvalue weighted by Crippen LogP contribution is -2.46. The van der Waals surface area contributed by atoms with Gasteiger partial charge in [0.2, 0.25) is 0 Å². The first-order chi connectivity index (χ1) is 19.5. The zero-order valence-corrected chi connectivity index (χ0v) is 22.9. The van der Waals surface area contributed by atoms with E-state index in [1.807, 2.05) is 4.90 Å². The van der Waals surface area contributed by atoms with Crippen molar-refractivity contribution in [3.63, 3.8) is 0 Å². The molecule has 0 aliphatic carbocycles. The van der Waals surface area contributed by atoms with Gasteiger partial charge in [-0.2, -0.15) is 13.2 Å². The maximum atomic E-state index is 14.0. The van der Waals surface area contributed by atoms with Crippen molar-refractivity contribution < 1.29 is 18.0 Å². The molecule has 3 aromatic heterocycles. The second-order valence-corrected chi connectivity index (χ2v) is 9.92. The number of benzene rings is 1. The van der Waals surface area contributed by atoms with E-state index in [1.165, 1.54) is 24.0 Å². The molecule has 1 aliphatic rings. The lowest BCUT2D eigenvalue weighted by atomic mass is 10.0. The number of aryl methyl sites for hydroxylation is 1. The van der Waals surface area contributed by atoms with E-state index in [9.17, 15) is 18.0 Å². The predicted molar refractivity (Wildman–Crippen MR) is 150 cm³/mol. The summed E-state index contributed by atoms with van der Waals surface area (Å²) in [5.41, 5.74) is 8.57. The van der Waals surface area contributed by atoms with Crippen LogP contribution in [0.4, 0.5) is 30.2 Å². The van der Waals surface area contributed by atoms with Gasteiger partial charge in [-0.3, -0.25) is 14.8 Å². The minimum Gasteiger partial charge on any atom is -0.397 e. The van der Waals surface area contributed by atoms with E-state index in [0.29, 0.717) is 47.1 Å². The minimum absolute atomic E-state index is 0.0557. The maximum absolute atomic E-state index is 14.0. The van der Waals surface area contributed by atoms with Crippen molar-refractivity contribution in [1.82, 2.24) is 29.9 Å². The van der Waals surface area contributed by atoms with Crippen molar-refractivity contribution in [3.05, 3.63) is 71.4 Å². The number of nitrogen functional groups attached to an aromatic ring is 1. The Morgan fingerprint density at radius 2 is 1.78 bits per heavy atom. The number of aromatic nitrogens is 5. The monoisotopic (exact) mass is 565 g/mol. The Bertz CT molecular complexity index is 1580. The quantitative estimate of drug-likeness (QED) is 0.355. The molecule has 0 radical (unpaired) electrons. The molecule has 3 N–H and O–H groups in total. The molecule has 214 valence electrons. The van der Waals surface area contributed by atoms with Crippen LogP contribution >= 0.6 is 0 Å². The van der Waals surface area contributed by atoms with Gasteiger partial charge in [-0.15, -0.1) is 5.10 Å². The first-order valence-corrected chi connectivity index (χ1v) is 13.1. The fourth-order valence-corrected chi connectivity index (χ4v) is 4.89. The molecule has 13 heteroatoms. The van der Waals surface area contributed by atoms with E-state index in [-0.39, 0.29) is 16.8 Å². The van der Waals surface area contributed by atoms with Gasteiger partial charge in [-0.1, -0.05) is 12.1 Å². The number of carbonyl (C=O) groups is 1. The van der Waals surface area contributed by atoms with Crippen LogP contribution in [-0.4, -0.2) is 68.5 Å². The van der Waals surface area contributed by atoms with Crippen LogP contribution in [0.3, 0.4) is 0 Å². The number of likely N-dealkylation sites (N-methyl/N-ethyl adjacent to an activating group) is 1. The van der Waals surface area contributed by atoms with E-state index in [0.717, 1.165) is 25.7 Å². The molecule has 0 spiro atoms. The molecule has 10 nitrogen and oxygen atoms in total. The summed E-state index contributed by atoms with van der Waals surface area (Å²) in [6.07, 6.45) is 1.58. The predicted octanol–water partition coefficient (Wildman–Crippen LogP) is 4.34. The minimum atomic E-state index is -4.58. The third-order valence-corrected chi connectivity index (χ3v) is 7.22. The van der Waals surface area contributed by atoms with Crippen LogP contribution in [0, 0.1) is 13.8 Å². The Labute approximate surface area is 235 Å². The molecule has 4 heterocycles. The number of anilines is 3. The SMILES string of the molecule is CCN1CCN(c2cc(NC(=O)c3cnc(C)c(-n4cc(-c5cncc(N)c5)nn4)c3)cc(C(F)(F)F)c2C)CC1. The number of carbonyl (C=O) groups excluding carboxylic acids is 1. The van der Waals surface area contributed by atoms with Crippen molar-refractivity contribution in [3.8, 4) is 16.9 Å². The molecule has 1 amide bonds. The van der Waals surface area contributed by atoms with Gasteiger partial charge in [0, 0.05) is 61.7 Å². The summed E-state index contributed by atoms with van der Waals surface area (Å²) < 4.78 is 43.5. The number of hydrogen-bond acceptors (Lipinski definition) is 8. The van der Waals surface area contributed by atoms with E-state index in [4.69, 9.17) is 5.73 Å². The molecule has 0 saturated carbocycles. The van der Waals surface area contributed by atoms with Crippen molar-refractivity contribution in [2.45, 2.75) is 26.9 Å². The average molecular weight is 566 g/mol. The number of halogens is 3. The number of hydrogen-bond donors (Lipinski definition) is 2. The van der Waals surface area contributed by atoms with Gasteiger partial charge in [0.1, 0.15) is 5.69 Å². The third-order valence-electron chi connectivity index (χ3n) is 7.22. The Hall–Kier alpha value is -4.52. The van der Waals surface area contributed by atoms with E-state index in [1.54, 1.807) is 37.5 Å². The number of amides is 1. The average Bonchev–Trinajstić information content (AvgIpc) is 3.44. The molecular formula is C28H30F3N9O. The Balaban J connectivity index is 1.43. The van der Waals surface area contributed by atoms with Crippen LogP contribution in [0.25, 0.3) is 16.9 Å². The summed E-state index contributed by atoms with van der Waals surface area (Å²) in [6.45, 7) is 8.87. The van der Waals surface area contributed by atoms with E-state index < -0.39 is 17.6 Å². The van der Waals surface area contributed by atoms with Crippen molar-refractivity contribution in [2.24, 2.45) is 0 Å². The molecule has 1 aliphatic heterocycles. The summed E-state index contributed by atoms with van der Waals surface area (Å²) in [5.74, 6) is -0.599. The van der Waals surface area contributed by atoms with Crippen molar-refractivity contribution in [2.75, 3.05) is 48.7 Å². The molecular weight excluding hydrogens is 535 g/mol. The van der Waals surface area contributed by atoms with Crippen LogP contribution in [0.2, 0.25) is 0 Å². The van der Waals surface area contributed by atoms with Gasteiger partial charge in [-0.25, -0.2) is 4.68 Å². The fourth-order valence-electron chi connectivity index (χ4n) is 4.89. The van der Waals surface area contributed by atoms with Crippen molar-refractivity contribution in [1.29, 1.82) is 0 Å². The second kappa shape index (κ2) is 11.2. The lowest BCUT2D eigenvalue weighted by molar-refractivity contribution is -0.138. The summed E-state index contributed by atoms with van der Waals surface area (Å²) in [7, 11) is 0. The van der Waals surface area contributed by atoms with Gasteiger partial charge in [-0.05, 0) is 50.2 Å². The summed E-state index contributed by atoms with van der Waals surface area (Å²) in [5, 5.41) is 11.0. The molecule has 0 atom stereocenters. The van der Waals surface area contributed by atoms with Gasteiger partial charge in [0.05, 0.1) is 34.4 Å². The molecule has 5 rings (SSSR count). The number of nitrogens with one attached hydrogen (secondary N) is 1. The molecule has 0 bridgehead atoms. The molecule has 1 aromatic carbocycles. The zero-order chi connectivity index (χ0) is 29.3. The maximum Gasteiger partial charge on any atom is 0.416 e. The standard InChI is InChI=1S/C28H30F3N9O/c1-4-38-5-7-39(8-6-38)25-12-22(11-23(17(25)2)28(29,30)31)35-27(41)20-10-26(18(3)34-14-20)40-16-24(36-37-40)19-9-21(32)15-33-13-19/h9-16H,4-8,32H2,1-3H3,(H,35,41). The molecule has 41 heavy (non-hydrogen) atoms. The van der Waals surface area contributed by atoms with Crippen LogP contribution in [0.15, 0.2) is 49.1 Å². The highest BCUT2D eigenvalue weighted by molar-refractivity contribution is 6.04. The normalized spacial score (nSPS) is 14.3. The summed E-state index contributed by atoms with van der Waals surface area (Å²) in [4.78, 5) is 25.8. The number of rotatable bonds is 6. The third kappa shape index (κ3) is 5.99. The van der Waals surface area contributed by atoms with E-state index in [2.05, 4.69) is 37.4 Å². The molecule has 0 unspecified atom stereocenters. The highest BCUT2D eigenvalue weighted by Gasteiger charge is 2.35. The van der Waals surface area contributed by atoms with Crippen molar-refractivity contribution >= 4 is 23.0 Å². The second-order valence-electron chi connectivity index (χ2n) is 9.92. The van der Waals surface area contributed by atoms with E-state index >= 15 is 0 Å². The highest BCUT2D eigenvalue weighted by atomic mass is 19.4. The molecule has 4 aromatic rings. The first kappa shape index (κ1) is 28.0. The number of nitrogens with zero attached hydrogens (tertiary/aromatic N) is 7. The van der Waals surface area contributed by atoms with Crippen LogP contribution in [0.1, 0.15) is 34.1 Å². The highest BCUT2D eigenvalue weighted by Crippen LogP contribution is 2.39. The van der Waals surface area contributed by atoms with Crippen LogP contribution in [0.5, 0.6) is 0 Å². The number of piperazine rings is 1. The number of pyridine rings is 2. The Kier molecular flexibility index (Phi) is 7.63. The lowest BCUT2D eigenvalue weighted by Gasteiger charge is -2.37. The topological polar surface area (TPSA) is 118 Å². The Morgan fingerprint density at radius 3 is 2.46 bits per heavy atom. The smallest absolute Gasteiger partial charge is 0.397 e. The molecule has 1 saturated heterocycles. The number of nitrogens with two attached hydrogens (primary N) is 1. The molecule has 1 fully saturated rings. The van der Waals surface area contributed by atoms with Crippen LogP contribution in [-0.2, 0) is 6.18 Å².